The zero-order valence-corrected chi connectivity index (χ0v) is 12.1. The number of anilines is 1. The van der Waals surface area contributed by atoms with Crippen LogP contribution in [-0.2, 0) is 6.54 Å². The highest BCUT2D eigenvalue weighted by atomic mass is 35.5. The van der Waals surface area contributed by atoms with E-state index in [-0.39, 0.29) is 5.02 Å². The molecule has 21 heavy (non-hydrogen) atoms. The van der Waals surface area contributed by atoms with Gasteiger partial charge in [0.2, 0.25) is 0 Å². The Kier molecular flexibility index (Phi) is 4.15. The molecule has 0 bridgehead atoms. The number of nitrogens with one attached hydrogen (secondary N) is 1. The van der Waals surface area contributed by atoms with Crippen LogP contribution in [0.25, 0.3) is 0 Å². The summed E-state index contributed by atoms with van der Waals surface area (Å²) in [4.78, 5) is 0. The number of rotatable bonds is 3. The summed E-state index contributed by atoms with van der Waals surface area (Å²) in [6, 6.07) is 10.5. The molecule has 0 amide bonds. The standard InChI is InChI=1S/C16H15ClFNO2/c17-13-4-2-11(8-14(13)18)10-19-12-3-5-15-16(9-12)21-7-1-6-20-15/h2-5,8-9,19H,1,6-7,10H2. The minimum Gasteiger partial charge on any atom is -0.490 e. The molecule has 0 saturated heterocycles. The van der Waals surface area contributed by atoms with Gasteiger partial charge in [0.25, 0.3) is 0 Å². The fourth-order valence-electron chi connectivity index (χ4n) is 2.13. The van der Waals surface area contributed by atoms with Crippen molar-refractivity contribution in [2.45, 2.75) is 13.0 Å². The Balaban J connectivity index is 1.70. The molecule has 0 spiro atoms. The minimum atomic E-state index is -0.408. The third-order valence-corrected chi connectivity index (χ3v) is 3.53. The molecule has 2 aromatic rings. The average Bonchev–Trinajstić information content (AvgIpc) is 2.73. The Morgan fingerprint density at radius 1 is 1.05 bits per heavy atom. The number of fused-ring (bicyclic) bond motifs is 1. The van der Waals surface area contributed by atoms with Gasteiger partial charge in [0, 0.05) is 24.7 Å². The third-order valence-electron chi connectivity index (χ3n) is 3.23. The number of hydrogen-bond acceptors (Lipinski definition) is 3. The largest absolute Gasteiger partial charge is 0.490 e. The first-order chi connectivity index (χ1) is 10.2. The van der Waals surface area contributed by atoms with Crippen molar-refractivity contribution in [3.05, 3.63) is 52.8 Å². The van der Waals surface area contributed by atoms with Gasteiger partial charge in [-0.1, -0.05) is 17.7 Å². The van der Waals surface area contributed by atoms with E-state index >= 15 is 0 Å². The normalized spacial score (nSPS) is 13.6. The molecule has 3 nitrogen and oxygen atoms in total. The van der Waals surface area contributed by atoms with Crippen LogP contribution in [0.1, 0.15) is 12.0 Å². The van der Waals surface area contributed by atoms with E-state index in [1.165, 1.54) is 6.07 Å². The molecule has 110 valence electrons. The van der Waals surface area contributed by atoms with Crippen molar-refractivity contribution in [3.8, 4) is 11.5 Å². The van der Waals surface area contributed by atoms with E-state index in [9.17, 15) is 4.39 Å². The van der Waals surface area contributed by atoms with Crippen molar-refractivity contribution >= 4 is 17.3 Å². The maximum atomic E-state index is 13.4. The van der Waals surface area contributed by atoms with E-state index in [1.807, 2.05) is 18.2 Å². The molecule has 0 atom stereocenters. The van der Waals surface area contributed by atoms with Crippen molar-refractivity contribution in [1.29, 1.82) is 0 Å². The van der Waals surface area contributed by atoms with Gasteiger partial charge in [-0.15, -0.1) is 0 Å². The fourth-order valence-corrected chi connectivity index (χ4v) is 2.24. The van der Waals surface area contributed by atoms with Gasteiger partial charge >= 0.3 is 0 Å². The Labute approximate surface area is 127 Å². The van der Waals surface area contributed by atoms with Crippen molar-refractivity contribution in [2.24, 2.45) is 0 Å². The van der Waals surface area contributed by atoms with Crippen LogP contribution in [0.15, 0.2) is 36.4 Å². The van der Waals surface area contributed by atoms with Crippen molar-refractivity contribution in [2.75, 3.05) is 18.5 Å². The van der Waals surface area contributed by atoms with Crippen LogP contribution in [0.2, 0.25) is 5.02 Å². The highest BCUT2D eigenvalue weighted by Crippen LogP contribution is 2.32. The number of ether oxygens (including phenoxy) is 2. The number of benzene rings is 2. The molecule has 2 aromatic carbocycles. The lowest BCUT2D eigenvalue weighted by Gasteiger charge is -2.11. The van der Waals surface area contributed by atoms with Crippen LogP contribution >= 0.6 is 11.6 Å². The van der Waals surface area contributed by atoms with Gasteiger partial charge in [0.1, 0.15) is 5.82 Å². The lowest BCUT2D eigenvalue weighted by Crippen LogP contribution is -2.01. The average molecular weight is 308 g/mol. The van der Waals surface area contributed by atoms with E-state index in [1.54, 1.807) is 12.1 Å². The van der Waals surface area contributed by atoms with E-state index in [2.05, 4.69) is 5.32 Å². The number of halogens is 2. The molecule has 0 aromatic heterocycles. The van der Waals surface area contributed by atoms with Crippen molar-refractivity contribution in [1.82, 2.24) is 0 Å². The molecule has 0 radical (unpaired) electrons. The molecule has 0 unspecified atom stereocenters. The number of hydrogen-bond donors (Lipinski definition) is 1. The van der Waals surface area contributed by atoms with Gasteiger partial charge in [0.15, 0.2) is 11.5 Å². The Hall–Kier alpha value is -1.94. The fraction of sp³-hybridized carbons (Fsp3) is 0.250. The van der Waals surface area contributed by atoms with E-state index in [0.717, 1.165) is 29.2 Å². The summed E-state index contributed by atoms with van der Waals surface area (Å²) >= 11 is 5.67. The van der Waals surface area contributed by atoms with E-state index < -0.39 is 5.82 Å². The zero-order chi connectivity index (χ0) is 14.7. The summed E-state index contributed by atoms with van der Waals surface area (Å²) in [6.07, 6.45) is 0.876. The van der Waals surface area contributed by atoms with Crippen molar-refractivity contribution < 1.29 is 13.9 Å². The molecule has 5 heteroatoms. The summed E-state index contributed by atoms with van der Waals surface area (Å²) < 4.78 is 24.6. The first kappa shape index (κ1) is 14.0. The van der Waals surface area contributed by atoms with Gasteiger partial charge in [0.05, 0.1) is 18.2 Å². The SMILES string of the molecule is Fc1cc(CNc2ccc3c(c2)OCCCO3)ccc1Cl. The minimum absolute atomic E-state index is 0.134. The van der Waals surface area contributed by atoms with Gasteiger partial charge in [-0.2, -0.15) is 0 Å². The molecule has 1 heterocycles. The van der Waals surface area contributed by atoms with E-state index in [4.69, 9.17) is 21.1 Å². The summed E-state index contributed by atoms with van der Waals surface area (Å²) in [7, 11) is 0. The molecule has 3 rings (SSSR count). The molecule has 0 saturated carbocycles. The quantitative estimate of drug-likeness (QED) is 0.919. The second kappa shape index (κ2) is 6.22. The van der Waals surface area contributed by atoms with Gasteiger partial charge < -0.3 is 14.8 Å². The lowest BCUT2D eigenvalue weighted by molar-refractivity contribution is 0.297. The van der Waals surface area contributed by atoms with Gasteiger partial charge in [-0.25, -0.2) is 4.39 Å². The topological polar surface area (TPSA) is 30.5 Å². The first-order valence-corrected chi connectivity index (χ1v) is 7.17. The Morgan fingerprint density at radius 2 is 1.86 bits per heavy atom. The summed E-state index contributed by atoms with van der Waals surface area (Å²) in [5.74, 6) is 1.09. The van der Waals surface area contributed by atoms with Crippen LogP contribution in [0.5, 0.6) is 11.5 Å². The first-order valence-electron chi connectivity index (χ1n) is 6.80. The highest BCUT2D eigenvalue weighted by molar-refractivity contribution is 6.30. The van der Waals surface area contributed by atoms with Crippen LogP contribution < -0.4 is 14.8 Å². The Bertz CT molecular complexity index is 648. The van der Waals surface area contributed by atoms with Crippen LogP contribution in [0, 0.1) is 5.82 Å². The van der Waals surface area contributed by atoms with Crippen LogP contribution in [0.4, 0.5) is 10.1 Å². The maximum Gasteiger partial charge on any atom is 0.163 e. The second-order valence-electron chi connectivity index (χ2n) is 4.81. The molecular formula is C16H15ClFNO2. The molecule has 1 N–H and O–H groups in total. The highest BCUT2D eigenvalue weighted by Gasteiger charge is 2.10. The molecule has 0 fully saturated rings. The predicted octanol–water partition coefficient (Wildman–Crippen LogP) is 4.25. The molecule has 1 aliphatic rings. The van der Waals surface area contributed by atoms with Gasteiger partial charge in [-0.05, 0) is 29.8 Å². The summed E-state index contributed by atoms with van der Waals surface area (Å²) in [6.45, 7) is 1.83. The molecule has 0 aliphatic carbocycles. The van der Waals surface area contributed by atoms with Crippen LogP contribution in [-0.4, -0.2) is 13.2 Å². The summed E-state index contributed by atoms with van der Waals surface area (Å²) in [5.41, 5.74) is 1.72. The zero-order valence-electron chi connectivity index (χ0n) is 11.4. The van der Waals surface area contributed by atoms with Crippen LogP contribution in [0.3, 0.4) is 0 Å². The third kappa shape index (κ3) is 3.39. The van der Waals surface area contributed by atoms with E-state index in [0.29, 0.717) is 19.8 Å². The van der Waals surface area contributed by atoms with Crippen molar-refractivity contribution in [3.63, 3.8) is 0 Å². The molecular weight excluding hydrogens is 293 g/mol. The van der Waals surface area contributed by atoms with Gasteiger partial charge in [-0.3, -0.25) is 0 Å². The monoisotopic (exact) mass is 307 g/mol. The summed E-state index contributed by atoms with van der Waals surface area (Å²) in [5, 5.41) is 3.37. The predicted molar refractivity (Wildman–Crippen MR) is 80.8 cm³/mol. The lowest BCUT2D eigenvalue weighted by atomic mass is 10.2. The smallest absolute Gasteiger partial charge is 0.163 e. The Morgan fingerprint density at radius 3 is 2.67 bits per heavy atom. The molecule has 1 aliphatic heterocycles. The maximum absolute atomic E-state index is 13.4. The second-order valence-corrected chi connectivity index (χ2v) is 5.22.